The minimum Gasteiger partial charge on any atom is -0.497 e. The smallest absolute Gasteiger partial charge is 0.322 e. The molecule has 1 atom stereocenters. The maximum Gasteiger partial charge on any atom is 0.322 e. The average Bonchev–Trinajstić information content (AvgIpc) is 2.97. The van der Waals surface area contributed by atoms with E-state index >= 15 is 0 Å². The Bertz CT molecular complexity index is 1370. The van der Waals surface area contributed by atoms with Crippen LogP contribution in [0.4, 0.5) is 16.2 Å². The summed E-state index contributed by atoms with van der Waals surface area (Å²) in [6, 6.07) is 23.8. The first-order chi connectivity index (χ1) is 19.0. The van der Waals surface area contributed by atoms with Crippen LogP contribution in [0.25, 0.3) is 10.9 Å². The Morgan fingerprint density at radius 3 is 2.54 bits per heavy atom. The van der Waals surface area contributed by atoms with Crippen molar-refractivity contribution in [2.75, 3.05) is 31.4 Å². The van der Waals surface area contributed by atoms with Crippen LogP contribution in [0.2, 0.25) is 0 Å². The first-order valence-corrected chi connectivity index (χ1v) is 13.5. The van der Waals surface area contributed by atoms with Crippen LogP contribution in [0.3, 0.4) is 0 Å². The second kappa shape index (κ2) is 13.5. The van der Waals surface area contributed by atoms with E-state index in [1.807, 2.05) is 77.7 Å². The number of rotatable bonds is 12. The van der Waals surface area contributed by atoms with Crippen LogP contribution in [-0.4, -0.2) is 42.7 Å². The molecule has 0 saturated heterocycles. The number of hydrogen-bond acceptors (Lipinski definition) is 5. The van der Waals surface area contributed by atoms with Crippen molar-refractivity contribution in [3.63, 3.8) is 0 Å². The summed E-state index contributed by atoms with van der Waals surface area (Å²) < 4.78 is 11.0. The molecule has 204 valence electrons. The highest BCUT2D eigenvalue weighted by molar-refractivity contribution is 5.92. The molecule has 7 heteroatoms. The number of urea groups is 1. The Labute approximate surface area is 231 Å². The molecule has 7 nitrogen and oxygen atoms in total. The standard InChI is InChI=1S/C32H38N4O3/c1-5-24-14-16-27(17-15-24)35-32(37)36(22-26-11-6-7-13-30(26)39-4)19-9-10-23(2)34-29-21-28(38-3)20-25-12-8-18-33-31(25)29/h6-8,11-18,20-21,23,34H,5,9-10,19,22H2,1-4H3,(H,35,37). The quantitative estimate of drug-likeness (QED) is 0.205. The molecule has 4 aromatic rings. The minimum atomic E-state index is -0.131. The second-order valence-corrected chi connectivity index (χ2v) is 9.65. The zero-order valence-electron chi connectivity index (χ0n) is 23.2. The molecular weight excluding hydrogens is 488 g/mol. The summed E-state index contributed by atoms with van der Waals surface area (Å²) in [5.74, 6) is 1.56. The van der Waals surface area contributed by atoms with Gasteiger partial charge in [-0.3, -0.25) is 4.98 Å². The molecule has 1 aromatic heterocycles. The molecule has 2 N–H and O–H groups in total. The number of carbonyl (C=O) groups is 1. The van der Waals surface area contributed by atoms with E-state index in [0.29, 0.717) is 13.1 Å². The van der Waals surface area contributed by atoms with Gasteiger partial charge in [-0.1, -0.05) is 43.3 Å². The van der Waals surface area contributed by atoms with Gasteiger partial charge < -0.3 is 25.0 Å². The lowest BCUT2D eigenvalue weighted by atomic mass is 10.1. The van der Waals surface area contributed by atoms with Crippen molar-refractivity contribution >= 4 is 28.3 Å². The van der Waals surface area contributed by atoms with Crippen molar-refractivity contribution < 1.29 is 14.3 Å². The molecule has 0 aliphatic heterocycles. The van der Waals surface area contributed by atoms with Crippen LogP contribution in [0.15, 0.2) is 79.0 Å². The molecule has 0 fully saturated rings. The molecule has 2 amide bonds. The molecule has 0 spiro atoms. The predicted molar refractivity (Wildman–Crippen MR) is 159 cm³/mol. The zero-order chi connectivity index (χ0) is 27.6. The number of methoxy groups -OCH3 is 2. The Morgan fingerprint density at radius 1 is 1.00 bits per heavy atom. The van der Waals surface area contributed by atoms with Crippen molar-refractivity contribution in [1.29, 1.82) is 0 Å². The van der Waals surface area contributed by atoms with Crippen molar-refractivity contribution in [1.82, 2.24) is 9.88 Å². The SMILES string of the molecule is CCc1ccc(NC(=O)N(CCCC(C)Nc2cc(OC)cc3cccnc23)Cc2ccccc2OC)cc1. The molecule has 0 radical (unpaired) electrons. The lowest BCUT2D eigenvalue weighted by Crippen LogP contribution is -2.36. The van der Waals surface area contributed by atoms with Crippen LogP contribution in [0, 0.1) is 0 Å². The van der Waals surface area contributed by atoms with Gasteiger partial charge in [0.15, 0.2) is 0 Å². The number of nitrogens with zero attached hydrogens (tertiary/aromatic N) is 2. The summed E-state index contributed by atoms with van der Waals surface area (Å²) in [7, 11) is 3.33. The number of fused-ring (bicyclic) bond motifs is 1. The van der Waals surface area contributed by atoms with Crippen LogP contribution >= 0.6 is 0 Å². The number of anilines is 2. The summed E-state index contributed by atoms with van der Waals surface area (Å²) in [6.07, 6.45) is 4.45. The van der Waals surface area contributed by atoms with E-state index in [2.05, 4.69) is 29.5 Å². The van der Waals surface area contributed by atoms with Crippen LogP contribution in [0.1, 0.15) is 37.8 Å². The Hall–Kier alpha value is -4.26. The third-order valence-corrected chi connectivity index (χ3v) is 6.84. The monoisotopic (exact) mass is 526 g/mol. The van der Waals surface area contributed by atoms with Gasteiger partial charge in [0.25, 0.3) is 0 Å². The number of aryl methyl sites for hydroxylation is 1. The Morgan fingerprint density at radius 2 is 1.79 bits per heavy atom. The number of amides is 2. The average molecular weight is 527 g/mol. The largest absolute Gasteiger partial charge is 0.497 e. The van der Waals surface area contributed by atoms with Gasteiger partial charge in [0.1, 0.15) is 11.5 Å². The van der Waals surface area contributed by atoms with E-state index in [9.17, 15) is 4.79 Å². The van der Waals surface area contributed by atoms with E-state index in [1.54, 1.807) is 20.4 Å². The Kier molecular flexibility index (Phi) is 9.62. The van der Waals surface area contributed by atoms with E-state index < -0.39 is 0 Å². The fourth-order valence-electron chi connectivity index (χ4n) is 4.64. The van der Waals surface area contributed by atoms with Crippen LogP contribution in [0.5, 0.6) is 11.5 Å². The topological polar surface area (TPSA) is 75.7 Å². The van der Waals surface area contributed by atoms with E-state index in [1.165, 1.54) is 5.56 Å². The van der Waals surface area contributed by atoms with Crippen LogP contribution < -0.4 is 20.1 Å². The number of pyridine rings is 1. The number of nitrogens with one attached hydrogen (secondary N) is 2. The van der Waals surface area contributed by atoms with E-state index in [4.69, 9.17) is 9.47 Å². The highest BCUT2D eigenvalue weighted by atomic mass is 16.5. The normalized spacial score (nSPS) is 11.6. The number of aromatic nitrogens is 1. The summed E-state index contributed by atoms with van der Waals surface area (Å²) in [4.78, 5) is 19.8. The number of hydrogen-bond donors (Lipinski definition) is 2. The highest BCUT2D eigenvalue weighted by Crippen LogP contribution is 2.28. The maximum absolute atomic E-state index is 13.4. The van der Waals surface area contributed by atoms with Gasteiger partial charge in [0.05, 0.1) is 32.0 Å². The predicted octanol–water partition coefficient (Wildman–Crippen LogP) is 7.13. The van der Waals surface area contributed by atoms with Gasteiger partial charge in [-0.15, -0.1) is 0 Å². The number of ether oxygens (including phenoxy) is 2. The van der Waals surface area contributed by atoms with Crippen molar-refractivity contribution in [2.24, 2.45) is 0 Å². The van der Waals surface area contributed by atoms with Gasteiger partial charge in [-0.25, -0.2) is 4.79 Å². The highest BCUT2D eigenvalue weighted by Gasteiger charge is 2.17. The van der Waals surface area contributed by atoms with E-state index in [-0.39, 0.29) is 12.1 Å². The van der Waals surface area contributed by atoms with Gasteiger partial charge in [-0.2, -0.15) is 0 Å². The Balaban J connectivity index is 1.43. The lowest BCUT2D eigenvalue weighted by molar-refractivity contribution is 0.207. The van der Waals surface area contributed by atoms with Gasteiger partial charge >= 0.3 is 6.03 Å². The molecule has 4 rings (SSSR count). The molecule has 39 heavy (non-hydrogen) atoms. The molecular formula is C32H38N4O3. The fourth-order valence-corrected chi connectivity index (χ4v) is 4.64. The van der Waals surface area contributed by atoms with Crippen molar-refractivity contribution in [2.45, 2.75) is 45.7 Å². The molecule has 0 aliphatic rings. The zero-order valence-corrected chi connectivity index (χ0v) is 23.2. The number of carbonyl (C=O) groups excluding carboxylic acids is 1. The lowest BCUT2D eigenvalue weighted by Gasteiger charge is -2.25. The third-order valence-electron chi connectivity index (χ3n) is 6.84. The summed E-state index contributed by atoms with van der Waals surface area (Å²) >= 11 is 0. The molecule has 0 aliphatic carbocycles. The molecule has 0 bridgehead atoms. The van der Waals surface area contributed by atoms with Gasteiger partial charge in [0, 0.05) is 41.5 Å². The molecule has 3 aromatic carbocycles. The van der Waals surface area contributed by atoms with Crippen LogP contribution in [-0.2, 0) is 13.0 Å². The maximum atomic E-state index is 13.4. The summed E-state index contributed by atoms with van der Waals surface area (Å²) in [5, 5.41) is 7.70. The van der Waals surface area contributed by atoms with Crippen molar-refractivity contribution in [3.8, 4) is 11.5 Å². The second-order valence-electron chi connectivity index (χ2n) is 9.65. The summed E-state index contributed by atoms with van der Waals surface area (Å²) in [5.41, 5.74) is 4.85. The van der Waals surface area contributed by atoms with Gasteiger partial charge in [-0.05, 0) is 62.1 Å². The molecule has 1 heterocycles. The number of para-hydroxylation sites is 1. The number of benzene rings is 3. The molecule has 0 saturated carbocycles. The molecule has 1 unspecified atom stereocenters. The summed E-state index contributed by atoms with van der Waals surface area (Å²) in [6.45, 7) is 5.31. The minimum absolute atomic E-state index is 0.131. The first-order valence-electron chi connectivity index (χ1n) is 13.5. The third kappa shape index (κ3) is 7.41. The van der Waals surface area contributed by atoms with Crippen molar-refractivity contribution in [3.05, 3.63) is 90.1 Å². The fraction of sp³-hybridized carbons (Fsp3) is 0.312. The van der Waals surface area contributed by atoms with Gasteiger partial charge in [0.2, 0.25) is 0 Å². The first kappa shape index (κ1) is 27.8. The van der Waals surface area contributed by atoms with E-state index in [0.717, 1.165) is 58.6 Å².